The molecular formula is C21H18N2. The van der Waals surface area contributed by atoms with Gasteiger partial charge in [0.2, 0.25) is 0 Å². The predicted octanol–water partition coefficient (Wildman–Crippen LogP) is 4.90. The average Bonchev–Trinajstić information content (AvgIpc) is 2.62. The fourth-order valence-corrected chi connectivity index (χ4v) is 3.13. The van der Waals surface area contributed by atoms with Gasteiger partial charge in [0.05, 0.1) is 0 Å². The van der Waals surface area contributed by atoms with Crippen molar-refractivity contribution in [2.24, 2.45) is 4.99 Å². The molecule has 4 rings (SSSR count). The third kappa shape index (κ3) is 2.53. The lowest BCUT2D eigenvalue weighted by atomic mass is 10.0. The van der Waals surface area contributed by atoms with E-state index in [1.54, 1.807) is 0 Å². The molecule has 23 heavy (non-hydrogen) atoms. The van der Waals surface area contributed by atoms with Gasteiger partial charge in [0.1, 0.15) is 6.17 Å². The molecule has 3 aromatic rings. The fraction of sp³-hybridized carbons (Fsp3) is 0.0952. The Hall–Kier alpha value is -2.87. The quantitative estimate of drug-likeness (QED) is 0.657. The average molecular weight is 298 g/mol. The number of hydrogen-bond donors (Lipinski definition) is 0. The van der Waals surface area contributed by atoms with Crippen molar-refractivity contribution in [3.63, 3.8) is 0 Å². The standard InChI is InChI=1S/C21H18N2/c1-23-20(17-8-3-2-4-9-17)13-14-22-21(23)19-12-11-16-7-5-6-10-18(16)15-19/h2-15,21H,1H3. The molecule has 112 valence electrons. The van der Waals surface area contributed by atoms with Gasteiger partial charge in [-0.1, -0.05) is 66.7 Å². The molecule has 0 radical (unpaired) electrons. The summed E-state index contributed by atoms with van der Waals surface area (Å²) in [5, 5.41) is 2.52. The second-order valence-corrected chi connectivity index (χ2v) is 5.81. The summed E-state index contributed by atoms with van der Waals surface area (Å²) in [5.41, 5.74) is 3.62. The smallest absolute Gasteiger partial charge is 0.146 e. The van der Waals surface area contributed by atoms with E-state index in [0.29, 0.717) is 0 Å². The van der Waals surface area contributed by atoms with Crippen molar-refractivity contribution in [2.45, 2.75) is 6.17 Å². The number of rotatable bonds is 2. The van der Waals surface area contributed by atoms with E-state index in [4.69, 9.17) is 0 Å². The van der Waals surface area contributed by atoms with Crippen LogP contribution in [0.4, 0.5) is 0 Å². The molecule has 0 spiro atoms. The number of nitrogens with zero attached hydrogens (tertiary/aromatic N) is 2. The van der Waals surface area contributed by atoms with E-state index in [2.05, 4.69) is 89.7 Å². The van der Waals surface area contributed by atoms with Crippen molar-refractivity contribution < 1.29 is 0 Å². The molecule has 1 heterocycles. The maximum atomic E-state index is 4.69. The van der Waals surface area contributed by atoms with Crippen LogP contribution in [-0.2, 0) is 0 Å². The van der Waals surface area contributed by atoms with Gasteiger partial charge in [-0.05, 0) is 34.0 Å². The minimum Gasteiger partial charge on any atom is -0.349 e. The van der Waals surface area contributed by atoms with Crippen LogP contribution in [0.2, 0.25) is 0 Å². The number of fused-ring (bicyclic) bond motifs is 1. The molecule has 1 aliphatic rings. The summed E-state index contributed by atoms with van der Waals surface area (Å²) in [6, 6.07) is 25.5. The third-order valence-corrected chi connectivity index (χ3v) is 4.35. The van der Waals surface area contributed by atoms with Gasteiger partial charge in [-0.3, -0.25) is 4.99 Å². The molecule has 1 unspecified atom stereocenters. The summed E-state index contributed by atoms with van der Waals surface area (Å²) >= 11 is 0. The Morgan fingerprint density at radius 2 is 1.57 bits per heavy atom. The minimum absolute atomic E-state index is 0.0137. The minimum atomic E-state index is 0.0137. The second kappa shape index (κ2) is 5.73. The Morgan fingerprint density at radius 3 is 2.39 bits per heavy atom. The van der Waals surface area contributed by atoms with E-state index in [-0.39, 0.29) is 6.17 Å². The Kier molecular flexibility index (Phi) is 3.43. The van der Waals surface area contributed by atoms with E-state index in [1.165, 1.54) is 27.6 Å². The van der Waals surface area contributed by atoms with Crippen LogP contribution in [0.25, 0.3) is 16.5 Å². The molecule has 0 aliphatic carbocycles. The summed E-state index contributed by atoms with van der Waals surface area (Å²) in [4.78, 5) is 6.92. The largest absolute Gasteiger partial charge is 0.349 e. The normalized spacial score (nSPS) is 17.3. The zero-order valence-electron chi connectivity index (χ0n) is 13.1. The Morgan fingerprint density at radius 1 is 0.826 bits per heavy atom. The van der Waals surface area contributed by atoms with Gasteiger partial charge in [-0.25, -0.2) is 0 Å². The zero-order valence-corrected chi connectivity index (χ0v) is 13.1. The summed E-state index contributed by atoms with van der Waals surface area (Å²) in [6.07, 6.45) is 4.01. The third-order valence-electron chi connectivity index (χ3n) is 4.35. The van der Waals surface area contributed by atoms with Gasteiger partial charge in [0.25, 0.3) is 0 Å². The molecule has 0 bridgehead atoms. The molecule has 0 fully saturated rings. The summed E-state index contributed by atoms with van der Waals surface area (Å²) in [6.45, 7) is 0. The van der Waals surface area contributed by atoms with Crippen LogP contribution in [0.1, 0.15) is 17.3 Å². The molecule has 0 aromatic heterocycles. The number of benzene rings is 3. The molecule has 0 saturated carbocycles. The van der Waals surface area contributed by atoms with Gasteiger partial charge >= 0.3 is 0 Å². The van der Waals surface area contributed by atoms with Crippen LogP contribution in [0.3, 0.4) is 0 Å². The topological polar surface area (TPSA) is 15.6 Å². The molecular weight excluding hydrogens is 280 g/mol. The van der Waals surface area contributed by atoms with Crippen molar-refractivity contribution in [1.29, 1.82) is 0 Å². The highest BCUT2D eigenvalue weighted by atomic mass is 15.2. The first-order valence-corrected chi connectivity index (χ1v) is 7.83. The van der Waals surface area contributed by atoms with Gasteiger partial charge in [0, 0.05) is 19.0 Å². The zero-order chi connectivity index (χ0) is 15.6. The maximum absolute atomic E-state index is 4.69. The van der Waals surface area contributed by atoms with E-state index in [0.717, 1.165) is 0 Å². The highest BCUT2D eigenvalue weighted by Crippen LogP contribution is 2.32. The maximum Gasteiger partial charge on any atom is 0.146 e. The molecule has 0 N–H and O–H groups in total. The Bertz CT molecular complexity index is 894. The Balaban J connectivity index is 1.72. The lowest BCUT2D eigenvalue weighted by Gasteiger charge is -2.32. The van der Waals surface area contributed by atoms with Crippen LogP contribution < -0.4 is 0 Å². The number of aliphatic imine (C=N–C) groups is 1. The summed E-state index contributed by atoms with van der Waals surface area (Å²) in [7, 11) is 2.11. The van der Waals surface area contributed by atoms with Gasteiger partial charge < -0.3 is 4.90 Å². The molecule has 3 aromatic carbocycles. The lowest BCUT2D eigenvalue weighted by molar-refractivity contribution is 0.365. The number of allylic oxidation sites excluding steroid dienone is 1. The molecule has 2 nitrogen and oxygen atoms in total. The van der Waals surface area contributed by atoms with E-state index in [1.807, 2.05) is 12.3 Å². The molecule has 0 saturated heterocycles. The van der Waals surface area contributed by atoms with Gasteiger partial charge in [-0.15, -0.1) is 0 Å². The molecule has 1 atom stereocenters. The second-order valence-electron chi connectivity index (χ2n) is 5.81. The predicted molar refractivity (Wildman–Crippen MR) is 97.4 cm³/mol. The SMILES string of the molecule is CN1C(c2ccccc2)=CC=NC1c1ccc2ccccc2c1. The Labute approximate surface area is 136 Å². The first kappa shape index (κ1) is 13.8. The van der Waals surface area contributed by atoms with Crippen molar-refractivity contribution >= 4 is 22.7 Å². The lowest BCUT2D eigenvalue weighted by Crippen LogP contribution is -2.24. The molecule has 2 heteroatoms. The summed E-state index contributed by atoms with van der Waals surface area (Å²) < 4.78 is 0. The van der Waals surface area contributed by atoms with Crippen LogP contribution in [-0.4, -0.2) is 18.2 Å². The van der Waals surface area contributed by atoms with E-state index in [9.17, 15) is 0 Å². The van der Waals surface area contributed by atoms with E-state index < -0.39 is 0 Å². The monoisotopic (exact) mass is 298 g/mol. The fourth-order valence-electron chi connectivity index (χ4n) is 3.13. The van der Waals surface area contributed by atoms with Crippen molar-refractivity contribution in [3.05, 3.63) is 90.0 Å². The van der Waals surface area contributed by atoms with Crippen molar-refractivity contribution in [1.82, 2.24) is 4.90 Å². The van der Waals surface area contributed by atoms with Crippen LogP contribution in [0, 0.1) is 0 Å². The van der Waals surface area contributed by atoms with Crippen LogP contribution >= 0.6 is 0 Å². The molecule has 1 aliphatic heterocycles. The van der Waals surface area contributed by atoms with Crippen LogP contribution in [0.15, 0.2) is 83.9 Å². The number of hydrogen-bond acceptors (Lipinski definition) is 2. The first-order valence-electron chi connectivity index (χ1n) is 7.83. The molecule has 0 amide bonds. The highest BCUT2D eigenvalue weighted by molar-refractivity contribution is 5.86. The summed E-state index contributed by atoms with van der Waals surface area (Å²) in [5.74, 6) is 0. The van der Waals surface area contributed by atoms with E-state index >= 15 is 0 Å². The van der Waals surface area contributed by atoms with Gasteiger partial charge in [0.15, 0.2) is 0 Å². The first-order chi connectivity index (χ1) is 11.3. The van der Waals surface area contributed by atoms with Crippen molar-refractivity contribution in [3.8, 4) is 0 Å². The van der Waals surface area contributed by atoms with Crippen LogP contribution in [0.5, 0.6) is 0 Å². The van der Waals surface area contributed by atoms with Gasteiger partial charge in [-0.2, -0.15) is 0 Å². The highest BCUT2D eigenvalue weighted by Gasteiger charge is 2.21. The van der Waals surface area contributed by atoms with Crippen molar-refractivity contribution in [2.75, 3.05) is 7.05 Å².